The molecule has 0 atom stereocenters. The van der Waals surface area contributed by atoms with Gasteiger partial charge < -0.3 is 27.4 Å². The largest absolute Gasteiger partial charge is 0.309 e. The van der Waals surface area contributed by atoms with Gasteiger partial charge in [0.1, 0.15) is 8.07 Å². The zero-order chi connectivity index (χ0) is 61.2. The minimum absolute atomic E-state index is 1.13. The third-order valence-electron chi connectivity index (χ3n) is 20.5. The van der Waals surface area contributed by atoms with Crippen LogP contribution in [0.25, 0.3) is 165 Å². The fourth-order valence-corrected chi connectivity index (χ4v) is 18.5. The summed E-state index contributed by atoms with van der Waals surface area (Å²) >= 11 is 0. The fraction of sp³-hybridized carbons (Fsp3) is 0.0233. The molecule has 436 valence electrons. The van der Waals surface area contributed by atoms with Gasteiger partial charge >= 0.3 is 0 Å². The molecular weight excluding hydrogens is 1150 g/mol. The SMILES string of the molecule is C[Si](C)(c1ccc2c(c1)c1ccc3c4cc(-n5c6ccccc6c6ccccc65)ccc4n(-c4ccccc4)c3c1n2-c1ccccc1)c1ccc2c(c1)c1ccc3c4cc(-n5c6ccccc6c6ccccc65)ccc4n(-c4ccccc4)c3c1n2-c1ccccc1. The molecule has 0 amide bonds. The van der Waals surface area contributed by atoms with Crippen molar-refractivity contribution in [2.24, 2.45) is 0 Å². The molecule has 6 aromatic heterocycles. The molecule has 6 nitrogen and oxygen atoms in total. The van der Waals surface area contributed by atoms with Crippen molar-refractivity contribution >= 4 is 149 Å². The second-order valence-corrected chi connectivity index (χ2v) is 30.0. The molecule has 6 heterocycles. The van der Waals surface area contributed by atoms with E-state index in [-0.39, 0.29) is 0 Å². The summed E-state index contributed by atoms with van der Waals surface area (Å²) in [4.78, 5) is 0. The van der Waals surface area contributed by atoms with Gasteiger partial charge in [-0.25, -0.2) is 0 Å². The van der Waals surface area contributed by atoms with Gasteiger partial charge in [-0.05, 0) is 121 Å². The zero-order valence-electron chi connectivity index (χ0n) is 51.2. The molecule has 7 heteroatoms. The summed E-state index contributed by atoms with van der Waals surface area (Å²) in [6, 6.07) is 118. The summed E-state index contributed by atoms with van der Waals surface area (Å²) in [5, 5.41) is 17.6. The third kappa shape index (κ3) is 7.33. The number of rotatable bonds is 8. The maximum absolute atomic E-state index is 2.55. The van der Waals surface area contributed by atoms with Gasteiger partial charge in [-0.1, -0.05) is 218 Å². The Hall–Kier alpha value is -11.9. The van der Waals surface area contributed by atoms with Gasteiger partial charge in [-0.15, -0.1) is 0 Å². The van der Waals surface area contributed by atoms with E-state index in [1.54, 1.807) is 0 Å². The van der Waals surface area contributed by atoms with Gasteiger partial charge in [0, 0.05) is 98.8 Å². The minimum atomic E-state index is -2.47. The minimum Gasteiger partial charge on any atom is -0.309 e. The lowest BCUT2D eigenvalue weighted by Crippen LogP contribution is -2.52. The molecule has 0 bridgehead atoms. The van der Waals surface area contributed by atoms with Crippen LogP contribution in [0.3, 0.4) is 0 Å². The Morgan fingerprint density at radius 3 is 0.699 bits per heavy atom. The lowest BCUT2D eigenvalue weighted by atomic mass is 10.1. The molecule has 0 fully saturated rings. The Morgan fingerprint density at radius 1 is 0.172 bits per heavy atom. The van der Waals surface area contributed by atoms with Crippen molar-refractivity contribution in [2.75, 3.05) is 0 Å². The Balaban J connectivity index is 0.801. The number of fused-ring (bicyclic) bond motifs is 20. The highest BCUT2D eigenvalue weighted by Gasteiger charge is 2.31. The van der Waals surface area contributed by atoms with Crippen molar-refractivity contribution in [2.45, 2.75) is 13.1 Å². The third-order valence-corrected chi connectivity index (χ3v) is 24.0. The van der Waals surface area contributed by atoms with Crippen LogP contribution in [0.5, 0.6) is 0 Å². The second-order valence-electron chi connectivity index (χ2n) is 25.6. The maximum Gasteiger partial charge on any atom is 0.112 e. The van der Waals surface area contributed by atoms with Gasteiger partial charge in [-0.3, -0.25) is 0 Å². The van der Waals surface area contributed by atoms with Crippen molar-refractivity contribution in [3.63, 3.8) is 0 Å². The molecule has 0 saturated heterocycles. The van der Waals surface area contributed by atoms with Crippen molar-refractivity contribution < 1.29 is 0 Å². The molecule has 20 rings (SSSR count). The van der Waals surface area contributed by atoms with Crippen LogP contribution in [0.2, 0.25) is 13.1 Å². The summed E-state index contributed by atoms with van der Waals surface area (Å²) in [6.07, 6.45) is 0. The zero-order valence-corrected chi connectivity index (χ0v) is 52.2. The molecule has 0 aliphatic carbocycles. The first-order valence-corrected chi connectivity index (χ1v) is 35.3. The normalized spacial score (nSPS) is 12.4. The van der Waals surface area contributed by atoms with Crippen LogP contribution in [-0.2, 0) is 0 Å². The van der Waals surface area contributed by atoms with Crippen LogP contribution in [0.1, 0.15) is 0 Å². The predicted molar refractivity (Wildman–Crippen MR) is 396 cm³/mol. The number of hydrogen-bond donors (Lipinski definition) is 0. The molecule has 0 radical (unpaired) electrons. The van der Waals surface area contributed by atoms with Gasteiger partial charge in [0.25, 0.3) is 0 Å². The molecular formula is C86H58N6Si. The molecule has 0 aliphatic rings. The highest BCUT2D eigenvalue weighted by Crippen LogP contribution is 2.46. The second kappa shape index (κ2) is 19.6. The van der Waals surface area contributed by atoms with Gasteiger partial charge in [-0.2, -0.15) is 0 Å². The van der Waals surface area contributed by atoms with Crippen LogP contribution in [-0.4, -0.2) is 35.5 Å². The molecule has 0 unspecified atom stereocenters. The first-order chi connectivity index (χ1) is 45.9. The monoisotopic (exact) mass is 1200 g/mol. The Morgan fingerprint density at radius 2 is 0.409 bits per heavy atom. The lowest BCUT2D eigenvalue weighted by molar-refractivity contribution is 1.15. The van der Waals surface area contributed by atoms with Gasteiger partial charge in [0.2, 0.25) is 0 Å². The van der Waals surface area contributed by atoms with Crippen LogP contribution < -0.4 is 10.4 Å². The molecule has 93 heavy (non-hydrogen) atoms. The average molecular weight is 1200 g/mol. The lowest BCUT2D eigenvalue weighted by Gasteiger charge is -2.24. The van der Waals surface area contributed by atoms with Crippen LogP contribution in [0.4, 0.5) is 0 Å². The van der Waals surface area contributed by atoms with Crippen molar-refractivity contribution in [3.05, 3.63) is 315 Å². The standard InChI is InChI=1S/C86H58N6Si/c1-93(2,61-41-49-81-73(53-61)69-45-43-67-71-51-59(87-75-35-19-15-31-63(75)64-32-16-20-36-76(64)87)39-47-79(71)89(55-23-7-3-8-24-55)83(67)85(69)91(81)57-27-11-5-12-28-57)62-42-50-82-74(54-62)70-46-44-68-72-52-60(88-77-37-21-17-33-65(77)66-34-18-22-38-78(66)88)40-48-80(72)90(56-25-9-4-10-26-56)84(68)86(70)92(82)58-29-13-6-14-30-58/h3-54H,1-2H3. The molecule has 0 spiro atoms. The van der Waals surface area contributed by atoms with E-state index >= 15 is 0 Å². The highest BCUT2D eigenvalue weighted by atomic mass is 28.3. The number of hydrogen-bond acceptors (Lipinski definition) is 0. The number of para-hydroxylation sites is 8. The molecule has 0 aliphatic heterocycles. The van der Waals surface area contributed by atoms with Gasteiger partial charge in [0.05, 0.1) is 66.2 Å². The Kier molecular flexibility index (Phi) is 10.9. The fourth-order valence-electron chi connectivity index (χ4n) is 16.2. The summed E-state index contributed by atoms with van der Waals surface area (Å²) in [5.74, 6) is 0. The molecule has 0 N–H and O–H groups in total. The molecule has 14 aromatic carbocycles. The van der Waals surface area contributed by atoms with Crippen molar-refractivity contribution in [1.29, 1.82) is 0 Å². The van der Waals surface area contributed by atoms with E-state index in [0.717, 1.165) is 34.1 Å². The number of aromatic nitrogens is 6. The summed E-state index contributed by atoms with van der Waals surface area (Å²) in [6.45, 7) is 5.09. The Labute approximate surface area is 536 Å². The summed E-state index contributed by atoms with van der Waals surface area (Å²) < 4.78 is 15.0. The maximum atomic E-state index is 2.55. The molecule has 0 saturated carbocycles. The van der Waals surface area contributed by atoms with Gasteiger partial charge in [0.15, 0.2) is 0 Å². The van der Waals surface area contributed by atoms with E-state index in [1.807, 2.05) is 0 Å². The van der Waals surface area contributed by atoms with Crippen molar-refractivity contribution in [1.82, 2.24) is 27.4 Å². The Bertz CT molecular complexity index is 5990. The van der Waals surface area contributed by atoms with E-state index in [9.17, 15) is 0 Å². The summed E-state index contributed by atoms with van der Waals surface area (Å²) in [7, 11) is -2.47. The number of nitrogens with zero attached hydrogens (tertiary/aromatic N) is 6. The van der Waals surface area contributed by atoms with E-state index in [4.69, 9.17) is 0 Å². The van der Waals surface area contributed by atoms with Crippen LogP contribution in [0, 0.1) is 0 Å². The van der Waals surface area contributed by atoms with Crippen LogP contribution in [0.15, 0.2) is 315 Å². The summed E-state index contributed by atoms with van der Waals surface area (Å²) in [5.41, 5.74) is 21.1. The van der Waals surface area contributed by atoms with Crippen molar-refractivity contribution in [3.8, 4) is 34.1 Å². The van der Waals surface area contributed by atoms with E-state index in [0.29, 0.717) is 0 Å². The van der Waals surface area contributed by atoms with Crippen LogP contribution >= 0.6 is 0 Å². The smallest absolute Gasteiger partial charge is 0.112 e. The van der Waals surface area contributed by atoms with E-state index < -0.39 is 8.07 Å². The first kappa shape index (κ1) is 51.9. The quantitative estimate of drug-likeness (QED) is 0.136. The average Bonchev–Trinajstić information content (AvgIpc) is 1.56. The first-order valence-electron chi connectivity index (χ1n) is 32.3. The molecule has 20 aromatic rings. The van der Waals surface area contributed by atoms with E-state index in [1.165, 1.54) is 141 Å². The topological polar surface area (TPSA) is 29.6 Å². The number of benzene rings is 14. The predicted octanol–water partition coefficient (Wildman–Crippen LogP) is 21.1. The van der Waals surface area contributed by atoms with E-state index in [2.05, 4.69) is 356 Å². The highest BCUT2D eigenvalue weighted by molar-refractivity contribution is 7.00.